The molecular formula is C13H26N2. The van der Waals surface area contributed by atoms with Crippen LogP contribution in [0.5, 0.6) is 0 Å². The Morgan fingerprint density at radius 3 is 2.40 bits per heavy atom. The molecule has 0 amide bonds. The lowest BCUT2D eigenvalue weighted by molar-refractivity contribution is 0.181. The Kier molecular flexibility index (Phi) is 4.04. The number of hydrogen-bond donors (Lipinski definition) is 0. The van der Waals surface area contributed by atoms with E-state index in [9.17, 15) is 0 Å². The molecule has 0 aromatic rings. The third-order valence-corrected chi connectivity index (χ3v) is 4.22. The summed E-state index contributed by atoms with van der Waals surface area (Å²) in [6.45, 7) is 9.11. The van der Waals surface area contributed by atoms with Gasteiger partial charge in [0.05, 0.1) is 0 Å². The predicted octanol–water partition coefficient (Wildman–Crippen LogP) is 2.06. The monoisotopic (exact) mass is 210 g/mol. The van der Waals surface area contributed by atoms with Gasteiger partial charge in [-0.1, -0.05) is 6.92 Å². The maximum absolute atomic E-state index is 2.68. The predicted molar refractivity (Wildman–Crippen MR) is 65.1 cm³/mol. The molecule has 2 heteroatoms. The van der Waals surface area contributed by atoms with Crippen LogP contribution in [0, 0.1) is 11.8 Å². The van der Waals surface area contributed by atoms with E-state index in [-0.39, 0.29) is 0 Å². The molecule has 1 atom stereocenters. The quantitative estimate of drug-likeness (QED) is 0.703. The van der Waals surface area contributed by atoms with Gasteiger partial charge in [-0.05, 0) is 70.7 Å². The van der Waals surface area contributed by atoms with Crippen molar-refractivity contribution in [3.8, 4) is 0 Å². The Morgan fingerprint density at radius 1 is 1.07 bits per heavy atom. The van der Waals surface area contributed by atoms with Crippen LogP contribution < -0.4 is 0 Å². The SMILES string of the molecule is CC1CCN(CCC2CCN(C)C2)CC1. The summed E-state index contributed by atoms with van der Waals surface area (Å²) in [4.78, 5) is 5.15. The van der Waals surface area contributed by atoms with Crippen molar-refractivity contribution in [2.24, 2.45) is 11.8 Å². The number of rotatable bonds is 3. The average Bonchev–Trinajstić information content (AvgIpc) is 2.64. The van der Waals surface area contributed by atoms with Crippen LogP contribution in [-0.2, 0) is 0 Å². The Hall–Kier alpha value is -0.0800. The Morgan fingerprint density at radius 2 is 1.80 bits per heavy atom. The van der Waals surface area contributed by atoms with Crippen molar-refractivity contribution in [3.63, 3.8) is 0 Å². The normalized spacial score (nSPS) is 31.2. The lowest BCUT2D eigenvalue weighted by Crippen LogP contribution is -2.34. The third kappa shape index (κ3) is 3.46. The van der Waals surface area contributed by atoms with E-state index in [4.69, 9.17) is 0 Å². The first-order valence-electron chi connectivity index (χ1n) is 6.65. The van der Waals surface area contributed by atoms with Gasteiger partial charge in [0.25, 0.3) is 0 Å². The second kappa shape index (κ2) is 5.31. The average molecular weight is 210 g/mol. The minimum absolute atomic E-state index is 0.971. The fourth-order valence-corrected chi connectivity index (χ4v) is 2.91. The first kappa shape index (κ1) is 11.4. The highest BCUT2D eigenvalue weighted by atomic mass is 15.1. The molecule has 2 aliphatic heterocycles. The second-order valence-corrected chi connectivity index (χ2v) is 5.73. The molecule has 15 heavy (non-hydrogen) atoms. The molecule has 0 aromatic carbocycles. The Bertz CT molecular complexity index is 185. The highest BCUT2D eigenvalue weighted by Gasteiger charge is 2.21. The smallest absolute Gasteiger partial charge is 0.000756 e. The molecule has 2 nitrogen and oxygen atoms in total. The van der Waals surface area contributed by atoms with Crippen molar-refractivity contribution in [1.29, 1.82) is 0 Å². The largest absolute Gasteiger partial charge is 0.306 e. The van der Waals surface area contributed by atoms with Crippen LogP contribution in [0.2, 0.25) is 0 Å². The van der Waals surface area contributed by atoms with Crippen LogP contribution in [0.25, 0.3) is 0 Å². The minimum Gasteiger partial charge on any atom is -0.306 e. The fraction of sp³-hybridized carbons (Fsp3) is 1.00. The zero-order valence-electron chi connectivity index (χ0n) is 10.4. The zero-order valence-corrected chi connectivity index (χ0v) is 10.4. The third-order valence-electron chi connectivity index (χ3n) is 4.22. The molecule has 0 spiro atoms. The molecule has 2 heterocycles. The van der Waals surface area contributed by atoms with E-state index in [1.54, 1.807) is 0 Å². The number of hydrogen-bond acceptors (Lipinski definition) is 2. The van der Waals surface area contributed by atoms with Gasteiger partial charge in [-0.15, -0.1) is 0 Å². The molecule has 0 aliphatic carbocycles. The summed E-state index contributed by atoms with van der Waals surface area (Å²) in [6.07, 6.45) is 5.70. The van der Waals surface area contributed by atoms with E-state index in [0.717, 1.165) is 11.8 Å². The molecule has 88 valence electrons. The second-order valence-electron chi connectivity index (χ2n) is 5.73. The van der Waals surface area contributed by atoms with Crippen LogP contribution >= 0.6 is 0 Å². The van der Waals surface area contributed by atoms with E-state index >= 15 is 0 Å². The van der Waals surface area contributed by atoms with Gasteiger partial charge in [0.2, 0.25) is 0 Å². The van der Waals surface area contributed by atoms with Gasteiger partial charge in [-0.3, -0.25) is 0 Å². The molecule has 1 unspecified atom stereocenters. The topological polar surface area (TPSA) is 6.48 Å². The van der Waals surface area contributed by atoms with Crippen molar-refractivity contribution in [2.45, 2.75) is 32.6 Å². The lowest BCUT2D eigenvalue weighted by atomic mass is 9.98. The van der Waals surface area contributed by atoms with Crippen molar-refractivity contribution >= 4 is 0 Å². The van der Waals surface area contributed by atoms with Crippen molar-refractivity contribution < 1.29 is 0 Å². The van der Waals surface area contributed by atoms with Gasteiger partial charge >= 0.3 is 0 Å². The van der Waals surface area contributed by atoms with Gasteiger partial charge < -0.3 is 9.80 Å². The number of nitrogens with zero attached hydrogens (tertiary/aromatic N) is 2. The molecule has 2 saturated heterocycles. The van der Waals surface area contributed by atoms with Gasteiger partial charge in [-0.25, -0.2) is 0 Å². The van der Waals surface area contributed by atoms with Crippen LogP contribution in [-0.4, -0.2) is 49.6 Å². The molecule has 0 bridgehead atoms. The van der Waals surface area contributed by atoms with Gasteiger partial charge in [-0.2, -0.15) is 0 Å². The molecule has 2 fully saturated rings. The van der Waals surface area contributed by atoms with Crippen LogP contribution in [0.4, 0.5) is 0 Å². The summed E-state index contributed by atoms with van der Waals surface area (Å²) in [5, 5.41) is 0. The maximum Gasteiger partial charge on any atom is 0.000756 e. The van der Waals surface area contributed by atoms with Crippen molar-refractivity contribution in [1.82, 2.24) is 9.80 Å². The van der Waals surface area contributed by atoms with Crippen molar-refractivity contribution in [3.05, 3.63) is 0 Å². The summed E-state index contributed by atoms with van der Waals surface area (Å²) in [7, 11) is 2.25. The zero-order chi connectivity index (χ0) is 10.7. The summed E-state index contributed by atoms with van der Waals surface area (Å²) in [6, 6.07) is 0. The number of piperidine rings is 1. The molecular weight excluding hydrogens is 184 g/mol. The van der Waals surface area contributed by atoms with E-state index < -0.39 is 0 Å². The summed E-state index contributed by atoms with van der Waals surface area (Å²) >= 11 is 0. The maximum atomic E-state index is 2.68. The Balaban J connectivity index is 1.61. The fourth-order valence-electron chi connectivity index (χ4n) is 2.91. The standard InChI is InChI=1S/C13H26N2/c1-12-3-8-15(9-4-12)10-6-13-5-7-14(2)11-13/h12-13H,3-11H2,1-2H3. The molecule has 0 N–H and O–H groups in total. The molecule has 0 saturated carbocycles. The summed E-state index contributed by atoms with van der Waals surface area (Å²) in [5.41, 5.74) is 0. The highest BCUT2D eigenvalue weighted by molar-refractivity contribution is 4.76. The molecule has 2 aliphatic rings. The molecule has 0 radical (unpaired) electrons. The van der Waals surface area contributed by atoms with Gasteiger partial charge in [0.1, 0.15) is 0 Å². The minimum atomic E-state index is 0.971. The molecule has 0 aromatic heterocycles. The van der Waals surface area contributed by atoms with Crippen LogP contribution in [0.1, 0.15) is 32.6 Å². The van der Waals surface area contributed by atoms with Crippen molar-refractivity contribution in [2.75, 3.05) is 39.8 Å². The van der Waals surface area contributed by atoms with Gasteiger partial charge in [0.15, 0.2) is 0 Å². The summed E-state index contributed by atoms with van der Waals surface area (Å²) in [5.74, 6) is 1.95. The van der Waals surface area contributed by atoms with Crippen LogP contribution in [0.3, 0.4) is 0 Å². The van der Waals surface area contributed by atoms with E-state index in [2.05, 4.69) is 23.8 Å². The van der Waals surface area contributed by atoms with Crippen LogP contribution in [0.15, 0.2) is 0 Å². The first-order valence-corrected chi connectivity index (χ1v) is 6.65. The lowest BCUT2D eigenvalue weighted by Gasteiger charge is -2.30. The number of likely N-dealkylation sites (tertiary alicyclic amines) is 2. The highest BCUT2D eigenvalue weighted by Crippen LogP contribution is 2.21. The van der Waals surface area contributed by atoms with E-state index in [0.29, 0.717) is 0 Å². The molecule has 2 rings (SSSR count). The Labute approximate surface area is 94.6 Å². The first-order chi connectivity index (χ1) is 7.24. The summed E-state index contributed by atoms with van der Waals surface area (Å²) < 4.78 is 0. The van der Waals surface area contributed by atoms with E-state index in [1.807, 2.05) is 0 Å². The van der Waals surface area contributed by atoms with Gasteiger partial charge in [0, 0.05) is 6.54 Å². The van der Waals surface area contributed by atoms with E-state index in [1.165, 1.54) is 58.4 Å².